The summed E-state index contributed by atoms with van der Waals surface area (Å²) >= 11 is 0. The minimum absolute atomic E-state index is 0.227. The number of hydrogen-bond acceptors (Lipinski definition) is 5. The maximum Gasteiger partial charge on any atom is 0.313 e. The smallest absolute Gasteiger partial charge is 0.313 e. The molecule has 3 aromatic rings. The zero-order valence-corrected chi connectivity index (χ0v) is 21.1. The molecule has 1 aliphatic heterocycles. The highest BCUT2D eigenvalue weighted by atomic mass is 16.5. The van der Waals surface area contributed by atoms with E-state index >= 15 is 0 Å². The van der Waals surface area contributed by atoms with E-state index in [9.17, 15) is 14.4 Å². The minimum Gasteiger partial charge on any atom is -0.466 e. The zero-order valence-electron chi connectivity index (χ0n) is 21.1. The van der Waals surface area contributed by atoms with Gasteiger partial charge in [0.05, 0.1) is 17.9 Å². The summed E-state index contributed by atoms with van der Waals surface area (Å²) < 4.78 is 5.41. The lowest BCUT2D eigenvalue weighted by molar-refractivity contribution is -0.165. The Labute approximate surface area is 211 Å². The first kappa shape index (κ1) is 24.2. The number of amides is 2. The number of carbonyl (C=O) groups is 3. The van der Waals surface area contributed by atoms with Gasteiger partial charge in [0.1, 0.15) is 0 Å². The normalized spacial score (nSPS) is 23.1. The Bertz CT molecular complexity index is 1310. The average molecular weight is 485 g/mol. The third-order valence-electron chi connectivity index (χ3n) is 7.59. The monoisotopic (exact) mass is 484 g/mol. The van der Waals surface area contributed by atoms with Gasteiger partial charge >= 0.3 is 5.97 Å². The van der Waals surface area contributed by atoms with E-state index in [0.29, 0.717) is 19.4 Å². The summed E-state index contributed by atoms with van der Waals surface area (Å²) in [6.07, 6.45) is 1.03. The zero-order chi connectivity index (χ0) is 25.5. The molecule has 3 aromatic carbocycles. The predicted molar refractivity (Wildman–Crippen MR) is 137 cm³/mol. The maximum atomic E-state index is 13.9. The van der Waals surface area contributed by atoms with Crippen LogP contribution in [0.3, 0.4) is 0 Å². The van der Waals surface area contributed by atoms with Crippen molar-refractivity contribution >= 4 is 28.6 Å². The molecule has 2 atom stereocenters. The van der Waals surface area contributed by atoms with Crippen LogP contribution >= 0.6 is 0 Å². The second-order valence-corrected chi connectivity index (χ2v) is 10.5. The third-order valence-corrected chi connectivity index (χ3v) is 7.59. The van der Waals surface area contributed by atoms with Crippen molar-refractivity contribution in [3.63, 3.8) is 0 Å². The van der Waals surface area contributed by atoms with E-state index in [1.54, 1.807) is 6.92 Å². The quantitative estimate of drug-likeness (QED) is 0.352. The number of carbonyl (C=O) groups excluding carboxylic acids is 3. The molecule has 0 N–H and O–H groups in total. The van der Waals surface area contributed by atoms with Gasteiger partial charge in [0.15, 0.2) is 0 Å². The number of ether oxygens (including phenoxy) is 1. The lowest BCUT2D eigenvalue weighted by Crippen LogP contribution is -2.50. The van der Waals surface area contributed by atoms with E-state index < -0.39 is 16.9 Å². The Kier molecular flexibility index (Phi) is 6.17. The SMILES string of the molecule is CCOC(=O)C1(Cc2ccccc2)CC1C(=O)N1C(=O)CC(C)(C)N1Cc1cccc2ccccc12. The Hall–Kier alpha value is -3.51. The number of benzene rings is 3. The van der Waals surface area contributed by atoms with Crippen molar-refractivity contribution in [2.45, 2.75) is 52.1 Å². The molecule has 5 rings (SSSR count). The fourth-order valence-electron chi connectivity index (χ4n) is 5.56. The molecule has 0 aromatic heterocycles. The summed E-state index contributed by atoms with van der Waals surface area (Å²) in [6, 6.07) is 23.9. The molecule has 1 heterocycles. The van der Waals surface area contributed by atoms with Crippen molar-refractivity contribution in [2.24, 2.45) is 11.3 Å². The molecule has 1 saturated carbocycles. The average Bonchev–Trinajstić information content (AvgIpc) is 3.54. The summed E-state index contributed by atoms with van der Waals surface area (Å²) in [7, 11) is 0. The standard InChI is InChI=1S/C30H32N2O4/c1-4-36-28(35)30(17-21-11-6-5-7-12-21)18-25(30)27(34)32-26(33)19-29(2,3)31(32)20-23-15-10-14-22-13-8-9-16-24(22)23/h5-16,25H,4,17-20H2,1-3H3. The first-order chi connectivity index (χ1) is 17.3. The van der Waals surface area contributed by atoms with Crippen molar-refractivity contribution < 1.29 is 19.1 Å². The molecular formula is C30H32N2O4. The van der Waals surface area contributed by atoms with Crippen molar-refractivity contribution in [2.75, 3.05) is 6.61 Å². The van der Waals surface area contributed by atoms with Crippen LogP contribution in [0, 0.1) is 11.3 Å². The van der Waals surface area contributed by atoms with Gasteiger partial charge in [-0.2, -0.15) is 0 Å². The second-order valence-electron chi connectivity index (χ2n) is 10.5. The van der Waals surface area contributed by atoms with E-state index in [4.69, 9.17) is 4.74 Å². The number of nitrogens with zero attached hydrogens (tertiary/aromatic N) is 2. The minimum atomic E-state index is -0.938. The molecule has 0 radical (unpaired) electrons. The molecule has 186 valence electrons. The number of fused-ring (bicyclic) bond motifs is 1. The van der Waals surface area contributed by atoms with Crippen LogP contribution in [0.4, 0.5) is 0 Å². The Balaban J connectivity index is 1.46. The maximum absolute atomic E-state index is 13.9. The summed E-state index contributed by atoms with van der Waals surface area (Å²) in [5.74, 6) is -1.49. The van der Waals surface area contributed by atoms with E-state index in [0.717, 1.165) is 21.9 Å². The highest BCUT2D eigenvalue weighted by Crippen LogP contribution is 2.57. The molecule has 6 nitrogen and oxygen atoms in total. The van der Waals surface area contributed by atoms with E-state index in [2.05, 4.69) is 18.2 Å². The first-order valence-electron chi connectivity index (χ1n) is 12.6. The molecule has 0 spiro atoms. The number of rotatable bonds is 7. The van der Waals surface area contributed by atoms with Gasteiger partial charge in [-0.15, -0.1) is 0 Å². The van der Waals surface area contributed by atoms with Crippen LogP contribution in [-0.2, 0) is 32.1 Å². The van der Waals surface area contributed by atoms with E-state index in [1.807, 2.05) is 73.5 Å². The van der Waals surface area contributed by atoms with Gasteiger partial charge in [0.2, 0.25) is 11.8 Å². The van der Waals surface area contributed by atoms with Crippen molar-refractivity contribution in [3.8, 4) is 0 Å². The molecule has 2 fully saturated rings. The van der Waals surface area contributed by atoms with E-state index in [-0.39, 0.29) is 30.8 Å². The lowest BCUT2D eigenvalue weighted by atomic mass is 9.93. The molecule has 1 aliphatic carbocycles. The molecule has 1 saturated heterocycles. The summed E-state index contributed by atoms with van der Waals surface area (Å²) in [4.78, 5) is 40.3. The van der Waals surface area contributed by atoms with Crippen LogP contribution in [-0.4, -0.2) is 39.9 Å². The second kappa shape index (κ2) is 9.17. The number of imide groups is 1. The summed E-state index contributed by atoms with van der Waals surface area (Å²) in [5, 5.41) is 5.41. The molecule has 6 heteroatoms. The van der Waals surface area contributed by atoms with Crippen molar-refractivity contribution in [3.05, 3.63) is 83.9 Å². The molecule has 2 aliphatic rings. The van der Waals surface area contributed by atoms with Gasteiger partial charge in [-0.1, -0.05) is 72.8 Å². The van der Waals surface area contributed by atoms with Gasteiger partial charge < -0.3 is 4.74 Å². The van der Waals surface area contributed by atoms with Gasteiger partial charge in [-0.3, -0.25) is 14.4 Å². The first-order valence-corrected chi connectivity index (χ1v) is 12.6. The number of hydrazine groups is 1. The molecule has 2 amide bonds. The fraction of sp³-hybridized carbons (Fsp3) is 0.367. The Morgan fingerprint density at radius 3 is 2.42 bits per heavy atom. The van der Waals surface area contributed by atoms with Gasteiger partial charge in [0, 0.05) is 18.5 Å². The largest absolute Gasteiger partial charge is 0.466 e. The molecule has 0 bridgehead atoms. The van der Waals surface area contributed by atoms with Crippen LogP contribution in [0.25, 0.3) is 10.8 Å². The van der Waals surface area contributed by atoms with Crippen molar-refractivity contribution in [1.82, 2.24) is 10.0 Å². The third kappa shape index (κ3) is 4.20. The summed E-state index contributed by atoms with van der Waals surface area (Å²) in [5.41, 5.74) is 0.545. The van der Waals surface area contributed by atoms with Crippen LogP contribution < -0.4 is 0 Å². The van der Waals surface area contributed by atoms with Gasteiger partial charge in [-0.05, 0) is 55.5 Å². The Morgan fingerprint density at radius 2 is 1.67 bits per heavy atom. The van der Waals surface area contributed by atoms with Crippen LogP contribution in [0.5, 0.6) is 0 Å². The lowest BCUT2D eigenvalue weighted by Gasteiger charge is -2.36. The van der Waals surface area contributed by atoms with Crippen LogP contribution in [0.2, 0.25) is 0 Å². The van der Waals surface area contributed by atoms with Gasteiger partial charge in [-0.25, -0.2) is 10.0 Å². The molecular weight excluding hydrogens is 452 g/mol. The van der Waals surface area contributed by atoms with Crippen LogP contribution in [0.1, 0.15) is 44.7 Å². The fourth-order valence-corrected chi connectivity index (χ4v) is 5.56. The number of esters is 1. The molecule has 2 unspecified atom stereocenters. The summed E-state index contributed by atoms with van der Waals surface area (Å²) in [6.45, 7) is 6.41. The highest BCUT2D eigenvalue weighted by Gasteiger charge is 2.67. The van der Waals surface area contributed by atoms with Crippen molar-refractivity contribution in [1.29, 1.82) is 0 Å². The molecule has 36 heavy (non-hydrogen) atoms. The van der Waals surface area contributed by atoms with E-state index in [1.165, 1.54) is 5.01 Å². The predicted octanol–water partition coefficient (Wildman–Crippen LogP) is 4.91. The van der Waals surface area contributed by atoms with Gasteiger partial charge in [0.25, 0.3) is 0 Å². The highest BCUT2D eigenvalue weighted by molar-refractivity contribution is 6.02. The topological polar surface area (TPSA) is 66.9 Å². The number of hydrogen-bond donors (Lipinski definition) is 0. The van der Waals surface area contributed by atoms with Crippen LogP contribution in [0.15, 0.2) is 72.8 Å². The Morgan fingerprint density at radius 1 is 0.972 bits per heavy atom.